The summed E-state index contributed by atoms with van der Waals surface area (Å²) in [6, 6.07) is 14.9. The number of benzene rings is 2. The number of hydrogen-bond donors (Lipinski definition) is 2. The fourth-order valence-corrected chi connectivity index (χ4v) is 2.28. The molecule has 0 heterocycles. The minimum Gasteiger partial charge on any atom is -0.497 e. The lowest BCUT2D eigenvalue weighted by Gasteiger charge is -2.18. The normalized spacial score (nSPS) is 13.5. The van der Waals surface area contributed by atoms with Gasteiger partial charge < -0.3 is 19.7 Å². The second-order valence-corrected chi connectivity index (χ2v) is 5.24. The highest BCUT2D eigenvalue weighted by Crippen LogP contribution is 2.16. The monoisotopic (exact) mass is 302 g/mol. The summed E-state index contributed by atoms with van der Waals surface area (Å²) in [6.07, 6.45) is -0.811. The largest absolute Gasteiger partial charge is 0.497 e. The average molecular weight is 302 g/mol. The first kappa shape index (κ1) is 16.3. The van der Waals surface area contributed by atoms with E-state index >= 15 is 0 Å². The zero-order valence-corrected chi connectivity index (χ0v) is 12.9. The third-order valence-corrected chi connectivity index (χ3v) is 3.65. The molecule has 2 unspecified atom stereocenters. The Labute approximate surface area is 130 Å². The summed E-state index contributed by atoms with van der Waals surface area (Å²) in [5, 5.41) is 20.3. The molecule has 0 fully saturated rings. The molecule has 0 aliphatic rings. The number of ether oxygens (including phenoxy) is 2. The number of aliphatic hydroxyl groups excluding tert-OH is 2. The number of rotatable bonds is 7. The zero-order valence-electron chi connectivity index (χ0n) is 12.9. The molecule has 2 aromatic rings. The molecule has 2 aromatic carbocycles. The molecule has 4 heteroatoms. The van der Waals surface area contributed by atoms with Gasteiger partial charge in [-0.05, 0) is 35.4 Å². The molecule has 2 rings (SSSR count). The van der Waals surface area contributed by atoms with E-state index in [9.17, 15) is 10.2 Å². The van der Waals surface area contributed by atoms with E-state index in [2.05, 4.69) is 0 Å². The van der Waals surface area contributed by atoms with Gasteiger partial charge in [0, 0.05) is 12.8 Å². The zero-order chi connectivity index (χ0) is 15.9. The third-order valence-electron chi connectivity index (χ3n) is 3.65. The van der Waals surface area contributed by atoms with Gasteiger partial charge in [-0.2, -0.15) is 0 Å². The summed E-state index contributed by atoms with van der Waals surface area (Å²) in [7, 11) is 3.23. The van der Waals surface area contributed by atoms with Crippen LogP contribution in [0.1, 0.15) is 11.1 Å². The molecule has 0 aliphatic heterocycles. The second-order valence-electron chi connectivity index (χ2n) is 5.24. The third kappa shape index (κ3) is 4.48. The number of hydrogen-bond acceptors (Lipinski definition) is 4. The van der Waals surface area contributed by atoms with Crippen molar-refractivity contribution in [3.05, 3.63) is 59.7 Å². The minimum absolute atomic E-state index is 0.404. The van der Waals surface area contributed by atoms with Crippen molar-refractivity contribution in [1.82, 2.24) is 0 Å². The molecule has 0 aromatic heterocycles. The van der Waals surface area contributed by atoms with Gasteiger partial charge in [-0.1, -0.05) is 24.3 Å². The van der Waals surface area contributed by atoms with Crippen molar-refractivity contribution < 1.29 is 19.7 Å². The van der Waals surface area contributed by atoms with Crippen LogP contribution in [-0.4, -0.2) is 36.6 Å². The molecule has 118 valence electrons. The Bertz CT molecular complexity index is 509. The molecular weight excluding hydrogens is 280 g/mol. The smallest absolute Gasteiger partial charge is 0.118 e. The standard InChI is InChI=1S/C18H22O4/c1-21-15-7-3-13(4-8-15)11-17(19)18(20)12-14-5-9-16(22-2)10-6-14/h3-10,17-20H,11-12H2,1-2H3. The molecule has 0 bridgehead atoms. The van der Waals surface area contributed by atoms with Crippen molar-refractivity contribution >= 4 is 0 Å². The topological polar surface area (TPSA) is 58.9 Å². The lowest BCUT2D eigenvalue weighted by Crippen LogP contribution is -2.29. The molecule has 0 radical (unpaired) electrons. The fourth-order valence-electron chi connectivity index (χ4n) is 2.28. The van der Waals surface area contributed by atoms with Crippen LogP contribution >= 0.6 is 0 Å². The number of methoxy groups -OCH3 is 2. The van der Waals surface area contributed by atoms with Crippen molar-refractivity contribution in [3.8, 4) is 11.5 Å². The lowest BCUT2D eigenvalue weighted by atomic mass is 9.98. The van der Waals surface area contributed by atoms with Crippen molar-refractivity contribution in [2.75, 3.05) is 14.2 Å². The molecule has 0 saturated heterocycles. The van der Waals surface area contributed by atoms with Crippen LogP contribution in [0.15, 0.2) is 48.5 Å². The van der Waals surface area contributed by atoms with Crippen molar-refractivity contribution in [1.29, 1.82) is 0 Å². The Kier molecular flexibility index (Phi) is 5.81. The lowest BCUT2D eigenvalue weighted by molar-refractivity contribution is 0.0206. The van der Waals surface area contributed by atoms with E-state index in [1.54, 1.807) is 14.2 Å². The molecule has 0 saturated carbocycles. The first-order chi connectivity index (χ1) is 10.6. The first-order valence-electron chi connectivity index (χ1n) is 7.24. The van der Waals surface area contributed by atoms with Crippen LogP contribution in [0, 0.1) is 0 Å². The maximum Gasteiger partial charge on any atom is 0.118 e. The Hall–Kier alpha value is -2.04. The van der Waals surface area contributed by atoms with Gasteiger partial charge >= 0.3 is 0 Å². The molecule has 2 atom stereocenters. The van der Waals surface area contributed by atoms with Crippen molar-refractivity contribution in [2.24, 2.45) is 0 Å². The maximum absolute atomic E-state index is 10.2. The predicted octanol–water partition coefficient (Wildman–Crippen LogP) is 2.21. The van der Waals surface area contributed by atoms with E-state index in [4.69, 9.17) is 9.47 Å². The van der Waals surface area contributed by atoms with Crippen LogP contribution in [0.4, 0.5) is 0 Å². The highest BCUT2D eigenvalue weighted by atomic mass is 16.5. The van der Waals surface area contributed by atoms with Crippen LogP contribution in [0.3, 0.4) is 0 Å². The van der Waals surface area contributed by atoms with E-state index in [0.29, 0.717) is 12.8 Å². The van der Waals surface area contributed by atoms with E-state index in [0.717, 1.165) is 22.6 Å². The van der Waals surface area contributed by atoms with Gasteiger partial charge in [-0.3, -0.25) is 0 Å². The highest BCUT2D eigenvalue weighted by Gasteiger charge is 2.17. The van der Waals surface area contributed by atoms with Crippen molar-refractivity contribution in [3.63, 3.8) is 0 Å². The van der Waals surface area contributed by atoms with Crippen molar-refractivity contribution in [2.45, 2.75) is 25.0 Å². The van der Waals surface area contributed by atoms with Crippen LogP contribution in [0.5, 0.6) is 11.5 Å². The van der Waals surface area contributed by atoms with Gasteiger partial charge in [0.05, 0.1) is 26.4 Å². The van der Waals surface area contributed by atoms with Crippen LogP contribution in [0.2, 0.25) is 0 Å². The van der Waals surface area contributed by atoms with Gasteiger partial charge in [0.2, 0.25) is 0 Å². The molecule has 22 heavy (non-hydrogen) atoms. The quantitative estimate of drug-likeness (QED) is 0.823. The molecule has 0 amide bonds. The van der Waals surface area contributed by atoms with E-state index in [1.165, 1.54) is 0 Å². The van der Waals surface area contributed by atoms with E-state index < -0.39 is 12.2 Å². The summed E-state index contributed by atoms with van der Waals surface area (Å²) in [4.78, 5) is 0. The molecule has 0 spiro atoms. The summed E-state index contributed by atoms with van der Waals surface area (Å²) >= 11 is 0. The summed E-state index contributed by atoms with van der Waals surface area (Å²) in [5.74, 6) is 1.55. The second kappa shape index (κ2) is 7.82. The predicted molar refractivity (Wildman–Crippen MR) is 85.4 cm³/mol. The number of aliphatic hydroxyl groups is 2. The molecule has 4 nitrogen and oxygen atoms in total. The van der Waals surface area contributed by atoms with E-state index in [-0.39, 0.29) is 0 Å². The Morgan fingerprint density at radius 3 is 1.27 bits per heavy atom. The van der Waals surface area contributed by atoms with Crippen LogP contribution < -0.4 is 9.47 Å². The highest BCUT2D eigenvalue weighted by molar-refractivity contribution is 5.29. The fraction of sp³-hybridized carbons (Fsp3) is 0.333. The summed E-state index contributed by atoms with van der Waals surface area (Å²) in [6.45, 7) is 0. The summed E-state index contributed by atoms with van der Waals surface area (Å²) in [5.41, 5.74) is 1.92. The van der Waals surface area contributed by atoms with Gasteiger partial charge in [0.15, 0.2) is 0 Å². The molecule has 0 aliphatic carbocycles. The SMILES string of the molecule is COc1ccc(CC(O)C(O)Cc2ccc(OC)cc2)cc1. The van der Waals surface area contributed by atoms with Gasteiger partial charge in [0.1, 0.15) is 11.5 Å². The molecule has 2 N–H and O–H groups in total. The van der Waals surface area contributed by atoms with Crippen LogP contribution in [-0.2, 0) is 12.8 Å². The minimum atomic E-state index is -0.810. The Morgan fingerprint density at radius 2 is 1.00 bits per heavy atom. The van der Waals surface area contributed by atoms with Gasteiger partial charge in [-0.15, -0.1) is 0 Å². The maximum atomic E-state index is 10.2. The summed E-state index contributed by atoms with van der Waals surface area (Å²) < 4.78 is 10.2. The Balaban J connectivity index is 1.91. The van der Waals surface area contributed by atoms with Crippen LogP contribution in [0.25, 0.3) is 0 Å². The average Bonchev–Trinajstić information content (AvgIpc) is 2.56. The van der Waals surface area contributed by atoms with Gasteiger partial charge in [-0.25, -0.2) is 0 Å². The van der Waals surface area contributed by atoms with Gasteiger partial charge in [0.25, 0.3) is 0 Å². The van der Waals surface area contributed by atoms with E-state index in [1.807, 2.05) is 48.5 Å². The molecular formula is C18H22O4. The Morgan fingerprint density at radius 1 is 0.682 bits per heavy atom. The first-order valence-corrected chi connectivity index (χ1v) is 7.24.